The Hall–Kier alpha value is -6.17. The summed E-state index contributed by atoms with van der Waals surface area (Å²) in [5.41, 5.74) is 9.21. The lowest BCUT2D eigenvalue weighted by molar-refractivity contribution is 0.669. The molecule has 0 aliphatic carbocycles. The lowest BCUT2D eigenvalue weighted by Crippen LogP contribution is -2.37. The zero-order valence-corrected chi connectivity index (χ0v) is 29.8. The molecule has 0 bridgehead atoms. The van der Waals surface area contributed by atoms with Crippen LogP contribution < -0.4 is 5.19 Å². The number of rotatable bonds is 6. The quantitative estimate of drug-likeness (QED) is 0.165. The maximum atomic E-state index is 6.25. The Morgan fingerprint density at radius 3 is 1.61 bits per heavy atom. The van der Waals surface area contributed by atoms with Gasteiger partial charge in [-0.25, -0.2) is 15.0 Å². The van der Waals surface area contributed by atoms with E-state index in [0.717, 1.165) is 55.0 Å². The van der Waals surface area contributed by atoms with Gasteiger partial charge in [-0.15, -0.1) is 0 Å². The number of hydrogen-bond acceptors (Lipinski definition) is 4. The first kappa shape index (κ1) is 30.9. The molecule has 2 heterocycles. The fourth-order valence-corrected chi connectivity index (χ4v) is 8.23. The van der Waals surface area contributed by atoms with Gasteiger partial charge in [0.25, 0.3) is 0 Å². The Balaban J connectivity index is 1.18. The molecule has 0 N–H and O–H groups in total. The van der Waals surface area contributed by atoms with Crippen LogP contribution in [0.5, 0.6) is 0 Å². The SMILES string of the molecule is C[Si](C)(C)c1ccc(-c2ccccc2-c2ccc(-c3nc(-c4cccc5ccccc45)nc(-c4cccc5oc6ccccc6c45)n3)cc2)cc1. The molecule has 0 saturated heterocycles. The van der Waals surface area contributed by atoms with E-state index in [4.69, 9.17) is 19.4 Å². The normalized spacial score (nSPS) is 11.8. The fraction of sp³-hybridized carbons (Fsp3) is 0.0652. The molecule has 7 aromatic carbocycles. The second kappa shape index (κ2) is 12.3. The zero-order chi connectivity index (χ0) is 34.5. The molecule has 0 amide bonds. The minimum Gasteiger partial charge on any atom is -0.456 e. The van der Waals surface area contributed by atoms with Crippen molar-refractivity contribution in [2.24, 2.45) is 0 Å². The summed E-state index contributed by atoms with van der Waals surface area (Å²) in [6.07, 6.45) is 0. The van der Waals surface area contributed by atoms with E-state index in [9.17, 15) is 0 Å². The van der Waals surface area contributed by atoms with Gasteiger partial charge in [0.15, 0.2) is 17.5 Å². The molecule has 0 fully saturated rings. The van der Waals surface area contributed by atoms with Crippen LogP contribution in [-0.4, -0.2) is 23.0 Å². The smallest absolute Gasteiger partial charge is 0.164 e. The van der Waals surface area contributed by atoms with Crippen LogP contribution in [0.1, 0.15) is 0 Å². The third-order valence-electron chi connectivity index (χ3n) is 9.75. The van der Waals surface area contributed by atoms with Gasteiger partial charge in [0.05, 0.1) is 8.07 Å². The molecule has 0 unspecified atom stereocenters. The third kappa shape index (κ3) is 5.62. The average Bonchev–Trinajstić information content (AvgIpc) is 3.56. The largest absolute Gasteiger partial charge is 0.456 e. The summed E-state index contributed by atoms with van der Waals surface area (Å²) in [4.78, 5) is 15.4. The van der Waals surface area contributed by atoms with Gasteiger partial charge in [-0.05, 0) is 45.2 Å². The Kier molecular flexibility index (Phi) is 7.44. The number of furan rings is 1. The van der Waals surface area contributed by atoms with Crippen molar-refractivity contribution in [3.63, 3.8) is 0 Å². The zero-order valence-electron chi connectivity index (χ0n) is 28.8. The first-order valence-electron chi connectivity index (χ1n) is 17.4. The molecule has 0 atom stereocenters. The van der Waals surface area contributed by atoms with E-state index in [-0.39, 0.29) is 0 Å². The van der Waals surface area contributed by atoms with Crippen molar-refractivity contribution < 1.29 is 4.42 Å². The van der Waals surface area contributed by atoms with Crippen LogP contribution >= 0.6 is 0 Å². The second-order valence-corrected chi connectivity index (χ2v) is 19.1. The van der Waals surface area contributed by atoms with Crippen LogP contribution in [0.3, 0.4) is 0 Å². The average molecular weight is 674 g/mol. The highest BCUT2D eigenvalue weighted by atomic mass is 28.3. The summed E-state index contributed by atoms with van der Waals surface area (Å²) in [5, 5.41) is 5.73. The highest BCUT2D eigenvalue weighted by molar-refractivity contribution is 6.88. The summed E-state index contributed by atoms with van der Waals surface area (Å²) in [6, 6.07) is 55.3. The molecule has 244 valence electrons. The molecule has 5 heteroatoms. The Labute approximate surface area is 298 Å². The standard InChI is InChI=1S/C46H35N3OSi/c1-51(2,3)34-28-26-32(27-29-34)36-15-7-6-14-35(36)31-22-24-33(25-23-31)44-47-45(38-18-10-13-30-12-4-5-16-37(30)38)49-46(48-44)40-19-11-21-42-43(40)39-17-8-9-20-41(39)50-42/h4-29H,1-3H3. The minimum absolute atomic E-state index is 0.608. The predicted molar refractivity (Wildman–Crippen MR) is 215 cm³/mol. The van der Waals surface area contributed by atoms with Crippen LogP contribution in [0, 0.1) is 0 Å². The maximum Gasteiger partial charge on any atom is 0.164 e. The van der Waals surface area contributed by atoms with Crippen molar-refractivity contribution >= 4 is 46.0 Å². The van der Waals surface area contributed by atoms with Gasteiger partial charge in [-0.2, -0.15) is 0 Å². The first-order valence-corrected chi connectivity index (χ1v) is 20.9. The Morgan fingerprint density at radius 1 is 0.392 bits per heavy atom. The van der Waals surface area contributed by atoms with E-state index in [0.29, 0.717) is 17.5 Å². The molecule has 0 aliphatic rings. The van der Waals surface area contributed by atoms with Crippen molar-refractivity contribution in [2.75, 3.05) is 0 Å². The van der Waals surface area contributed by atoms with Crippen LogP contribution in [0.4, 0.5) is 0 Å². The predicted octanol–water partition coefficient (Wildman–Crippen LogP) is 11.8. The molecule has 2 aromatic heterocycles. The van der Waals surface area contributed by atoms with Gasteiger partial charge in [0.2, 0.25) is 0 Å². The van der Waals surface area contributed by atoms with Gasteiger partial charge < -0.3 is 4.42 Å². The lowest BCUT2D eigenvalue weighted by atomic mass is 9.94. The van der Waals surface area contributed by atoms with Crippen molar-refractivity contribution in [3.05, 3.63) is 158 Å². The van der Waals surface area contributed by atoms with Crippen molar-refractivity contribution in [1.82, 2.24) is 15.0 Å². The highest BCUT2D eigenvalue weighted by Gasteiger charge is 2.19. The number of fused-ring (bicyclic) bond motifs is 4. The van der Waals surface area contributed by atoms with Gasteiger partial charge >= 0.3 is 0 Å². The minimum atomic E-state index is -1.38. The van der Waals surface area contributed by atoms with Crippen molar-refractivity contribution in [1.29, 1.82) is 0 Å². The molecular formula is C46H35N3OSi. The topological polar surface area (TPSA) is 51.8 Å². The number of para-hydroxylation sites is 1. The second-order valence-electron chi connectivity index (χ2n) is 14.1. The van der Waals surface area contributed by atoms with Crippen LogP contribution in [0.25, 0.3) is 89.1 Å². The monoisotopic (exact) mass is 673 g/mol. The number of hydrogen-bond donors (Lipinski definition) is 0. The van der Waals surface area contributed by atoms with Crippen LogP contribution in [0.15, 0.2) is 162 Å². The summed E-state index contributed by atoms with van der Waals surface area (Å²) >= 11 is 0. The molecule has 9 rings (SSSR count). The Morgan fingerprint density at radius 2 is 0.882 bits per heavy atom. The van der Waals surface area contributed by atoms with E-state index in [1.54, 1.807) is 0 Å². The van der Waals surface area contributed by atoms with E-state index in [2.05, 4.69) is 147 Å². The van der Waals surface area contributed by atoms with Crippen LogP contribution in [-0.2, 0) is 0 Å². The summed E-state index contributed by atoms with van der Waals surface area (Å²) in [7, 11) is -1.38. The summed E-state index contributed by atoms with van der Waals surface area (Å²) in [5.74, 6) is 1.86. The van der Waals surface area contributed by atoms with E-state index < -0.39 is 8.07 Å². The molecule has 9 aromatic rings. The molecule has 0 saturated carbocycles. The van der Waals surface area contributed by atoms with E-state index in [1.807, 2.05) is 30.3 Å². The molecule has 0 aliphatic heterocycles. The number of nitrogens with zero attached hydrogens (tertiary/aromatic N) is 3. The number of benzene rings is 7. The maximum absolute atomic E-state index is 6.25. The van der Waals surface area contributed by atoms with Crippen molar-refractivity contribution in [3.8, 4) is 56.4 Å². The van der Waals surface area contributed by atoms with Gasteiger partial charge in [-0.1, -0.05) is 170 Å². The molecular weight excluding hydrogens is 639 g/mol. The first-order chi connectivity index (χ1) is 24.9. The van der Waals surface area contributed by atoms with E-state index in [1.165, 1.54) is 21.9 Å². The van der Waals surface area contributed by atoms with Crippen LogP contribution in [0.2, 0.25) is 19.6 Å². The highest BCUT2D eigenvalue weighted by Crippen LogP contribution is 2.38. The fourth-order valence-electron chi connectivity index (χ4n) is 7.06. The number of aromatic nitrogens is 3. The van der Waals surface area contributed by atoms with Crippen molar-refractivity contribution in [2.45, 2.75) is 19.6 Å². The Bertz CT molecular complexity index is 2720. The lowest BCUT2D eigenvalue weighted by Gasteiger charge is -2.17. The summed E-state index contributed by atoms with van der Waals surface area (Å²) in [6.45, 7) is 7.16. The molecule has 0 spiro atoms. The molecule has 4 nitrogen and oxygen atoms in total. The van der Waals surface area contributed by atoms with Gasteiger partial charge in [0.1, 0.15) is 11.2 Å². The molecule has 0 radical (unpaired) electrons. The van der Waals surface area contributed by atoms with Gasteiger partial charge in [0, 0.05) is 27.5 Å². The third-order valence-corrected chi connectivity index (χ3v) is 11.8. The summed E-state index contributed by atoms with van der Waals surface area (Å²) < 4.78 is 6.25. The molecule has 51 heavy (non-hydrogen) atoms. The van der Waals surface area contributed by atoms with E-state index >= 15 is 0 Å². The van der Waals surface area contributed by atoms with Gasteiger partial charge in [-0.3, -0.25) is 0 Å².